The minimum atomic E-state index is -0.244. The Bertz CT molecular complexity index is 452. The lowest BCUT2D eigenvalue weighted by Gasteiger charge is -2.17. The SMILES string of the molecule is CCCc1nc(Cl)cc(N2CCC(C(N)=O)C2)n1. The summed E-state index contributed by atoms with van der Waals surface area (Å²) in [5, 5.41) is 0.450. The first kappa shape index (κ1) is 13.1. The van der Waals surface area contributed by atoms with Gasteiger partial charge in [-0.15, -0.1) is 0 Å². The average molecular weight is 269 g/mol. The van der Waals surface area contributed by atoms with E-state index in [2.05, 4.69) is 16.9 Å². The standard InChI is InChI=1S/C12H17ClN4O/c1-2-3-10-15-9(13)6-11(16-10)17-5-4-8(7-17)12(14)18/h6,8H,2-5,7H2,1H3,(H2,14,18). The van der Waals surface area contributed by atoms with Crippen LogP contribution in [0.2, 0.25) is 5.15 Å². The molecule has 2 heterocycles. The number of nitrogens with zero attached hydrogens (tertiary/aromatic N) is 3. The summed E-state index contributed by atoms with van der Waals surface area (Å²) in [6.45, 7) is 3.48. The van der Waals surface area contributed by atoms with Crippen LogP contribution in [0.25, 0.3) is 0 Å². The number of amides is 1. The molecule has 5 nitrogen and oxygen atoms in total. The molecule has 0 bridgehead atoms. The molecule has 1 aromatic rings. The summed E-state index contributed by atoms with van der Waals surface area (Å²) in [6.07, 6.45) is 2.56. The quantitative estimate of drug-likeness (QED) is 0.838. The van der Waals surface area contributed by atoms with Gasteiger partial charge in [-0.2, -0.15) is 0 Å². The predicted octanol–water partition coefficient (Wildman–Crippen LogP) is 1.39. The maximum Gasteiger partial charge on any atom is 0.222 e. The number of nitrogens with two attached hydrogens (primary N) is 1. The molecule has 98 valence electrons. The molecule has 0 spiro atoms. The summed E-state index contributed by atoms with van der Waals surface area (Å²) >= 11 is 5.99. The van der Waals surface area contributed by atoms with Crippen molar-refractivity contribution in [3.05, 3.63) is 17.0 Å². The van der Waals surface area contributed by atoms with Crippen LogP contribution < -0.4 is 10.6 Å². The van der Waals surface area contributed by atoms with Crippen LogP contribution in [0.15, 0.2) is 6.07 Å². The van der Waals surface area contributed by atoms with Gasteiger partial charge in [0, 0.05) is 25.6 Å². The number of primary amides is 1. The number of carbonyl (C=O) groups excluding carboxylic acids is 1. The molecule has 0 aliphatic carbocycles. The highest BCUT2D eigenvalue weighted by Crippen LogP contribution is 2.24. The second-order valence-corrected chi connectivity index (χ2v) is 4.94. The number of aromatic nitrogens is 2. The van der Waals surface area contributed by atoms with Crippen LogP contribution in [0.3, 0.4) is 0 Å². The predicted molar refractivity (Wildman–Crippen MR) is 70.6 cm³/mol. The zero-order valence-corrected chi connectivity index (χ0v) is 11.2. The van der Waals surface area contributed by atoms with Crippen molar-refractivity contribution in [2.75, 3.05) is 18.0 Å². The molecule has 1 unspecified atom stereocenters. The third-order valence-corrected chi connectivity index (χ3v) is 3.31. The molecular formula is C12H17ClN4O. The highest BCUT2D eigenvalue weighted by atomic mass is 35.5. The molecule has 0 radical (unpaired) electrons. The van der Waals surface area contributed by atoms with E-state index in [1.807, 2.05) is 4.90 Å². The van der Waals surface area contributed by atoms with Gasteiger partial charge < -0.3 is 10.6 Å². The summed E-state index contributed by atoms with van der Waals surface area (Å²) in [5.74, 6) is 1.21. The van der Waals surface area contributed by atoms with E-state index < -0.39 is 0 Å². The minimum absolute atomic E-state index is 0.0895. The third-order valence-electron chi connectivity index (χ3n) is 3.12. The van der Waals surface area contributed by atoms with Crippen LogP contribution in [-0.2, 0) is 11.2 Å². The van der Waals surface area contributed by atoms with Crippen LogP contribution in [0, 0.1) is 5.92 Å². The summed E-state index contributed by atoms with van der Waals surface area (Å²) in [7, 11) is 0. The second-order valence-electron chi connectivity index (χ2n) is 4.55. The first-order valence-corrected chi connectivity index (χ1v) is 6.55. The molecular weight excluding hydrogens is 252 g/mol. The number of hydrogen-bond donors (Lipinski definition) is 1. The highest BCUT2D eigenvalue weighted by Gasteiger charge is 2.27. The maximum absolute atomic E-state index is 11.2. The van der Waals surface area contributed by atoms with E-state index in [4.69, 9.17) is 17.3 Å². The van der Waals surface area contributed by atoms with Crippen LogP contribution >= 0.6 is 11.6 Å². The van der Waals surface area contributed by atoms with Gasteiger partial charge in [-0.1, -0.05) is 18.5 Å². The molecule has 2 rings (SSSR count). The molecule has 1 atom stereocenters. The van der Waals surface area contributed by atoms with E-state index in [0.717, 1.165) is 37.4 Å². The average Bonchev–Trinajstić information content (AvgIpc) is 2.78. The van der Waals surface area contributed by atoms with Gasteiger partial charge in [0.15, 0.2) is 0 Å². The number of anilines is 1. The normalized spacial score (nSPS) is 19.2. The fourth-order valence-electron chi connectivity index (χ4n) is 2.15. The van der Waals surface area contributed by atoms with Gasteiger partial charge in [0.25, 0.3) is 0 Å². The fourth-order valence-corrected chi connectivity index (χ4v) is 2.34. The van der Waals surface area contributed by atoms with E-state index in [0.29, 0.717) is 11.7 Å². The number of aryl methyl sites for hydroxylation is 1. The van der Waals surface area contributed by atoms with Gasteiger partial charge in [0.1, 0.15) is 16.8 Å². The van der Waals surface area contributed by atoms with Gasteiger partial charge in [-0.3, -0.25) is 4.79 Å². The molecule has 1 amide bonds. The fraction of sp³-hybridized carbons (Fsp3) is 0.583. The van der Waals surface area contributed by atoms with Crippen molar-refractivity contribution in [2.45, 2.75) is 26.2 Å². The van der Waals surface area contributed by atoms with Gasteiger partial charge in [-0.25, -0.2) is 9.97 Å². The number of hydrogen-bond acceptors (Lipinski definition) is 4. The zero-order chi connectivity index (χ0) is 13.1. The Morgan fingerprint density at radius 3 is 3.00 bits per heavy atom. The Balaban J connectivity index is 2.16. The van der Waals surface area contributed by atoms with Gasteiger partial charge in [0.05, 0.1) is 5.92 Å². The Kier molecular flexibility index (Phi) is 4.01. The van der Waals surface area contributed by atoms with Crippen molar-refractivity contribution >= 4 is 23.3 Å². The lowest BCUT2D eigenvalue weighted by Crippen LogP contribution is -2.27. The van der Waals surface area contributed by atoms with E-state index in [1.54, 1.807) is 6.07 Å². The number of carbonyl (C=O) groups is 1. The lowest BCUT2D eigenvalue weighted by molar-refractivity contribution is -0.121. The highest BCUT2D eigenvalue weighted by molar-refractivity contribution is 6.29. The molecule has 0 saturated carbocycles. The van der Waals surface area contributed by atoms with Crippen molar-refractivity contribution in [2.24, 2.45) is 11.7 Å². The van der Waals surface area contributed by atoms with Crippen LogP contribution in [0.1, 0.15) is 25.6 Å². The number of halogens is 1. The van der Waals surface area contributed by atoms with E-state index in [9.17, 15) is 4.79 Å². The maximum atomic E-state index is 11.2. The van der Waals surface area contributed by atoms with Crippen LogP contribution in [-0.4, -0.2) is 29.0 Å². The first-order chi connectivity index (χ1) is 8.60. The van der Waals surface area contributed by atoms with Crippen molar-refractivity contribution in [3.63, 3.8) is 0 Å². The lowest BCUT2D eigenvalue weighted by atomic mass is 10.1. The largest absolute Gasteiger partial charge is 0.369 e. The van der Waals surface area contributed by atoms with Gasteiger partial charge >= 0.3 is 0 Å². The third kappa shape index (κ3) is 2.90. The summed E-state index contributed by atoms with van der Waals surface area (Å²) in [6, 6.07) is 1.74. The van der Waals surface area contributed by atoms with Crippen molar-refractivity contribution in [3.8, 4) is 0 Å². The summed E-state index contributed by atoms with van der Waals surface area (Å²) < 4.78 is 0. The van der Waals surface area contributed by atoms with Gasteiger partial charge in [0.2, 0.25) is 5.91 Å². The van der Waals surface area contributed by atoms with E-state index >= 15 is 0 Å². The summed E-state index contributed by atoms with van der Waals surface area (Å²) in [5.41, 5.74) is 5.32. The van der Waals surface area contributed by atoms with Crippen LogP contribution in [0.5, 0.6) is 0 Å². The molecule has 18 heavy (non-hydrogen) atoms. The Morgan fingerprint density at radius 2 is 2.39 bits per heavy atom. The molecule has 1 fully saturated rings. The molecule has 6 heteroatoms. The van der Waals surface area contributed by atoms with Crippen molar-refractivity contribution in [1.82, 2.24) is 9.97 Å². The zero-order valence-electron chi connectivity index (χ0n) is 10.4. The van der Waals surface area contributed by atoms with Crippen LogP contribution in [0.4, 0.5) is 5.82 Å². The van der Waals surface area contributed by atoms with Crippen molar-refractivity contribution in [1.29, 1.82) is 0 Å². The van der Waals surface area contributed by atoms with Crippen molar-refractivity contribution < 1.29 is 4.79 Å². The smallest absolute Gasteiger partial charge is 0.222 e. The monoisotopic (exact) mass is 268 g/mol. The second kappa shape index (κ2) is 5.52. The topological polar surface area (TPSA) is 72.1 Å². The Labute approximate surface area is 111 Å². The number of rotatable bonds is 4. The Morgan fingerprint density at radius 1 is 1.61 bits per heavy atom. The molecule has 1 saturated heterocycles. The molecule has 2 N–H and O–H groups in total. The molecule has 1 aliphatic heterocycles. The molecule has 1 aromatic heterocycles. The van der Waals surface area contributed by atoms with E-state index in [1.165, 1.54) is 0 Å². The van der Waals surface area contributed by atoms with E-state index in [-0.39, 0.29) is 11.8 Å². The summed E-state index contributed by atoms with van der Waals surface area (Å²) in [4.78, 5) is 21.9. The first-order valence-electron chi connectivity index (χ1n) is 6.18. The molecule has 1 aliphatic rings. The van der Waals surface area contributed by atoms with Gasteiger partial charge in [-0.05, 0) is 12.8 Å². The minimum Gasteiger partial charge on any atom is -0.369 e. The molecule has 0 aromatic carbocycles. The Hall–Kier alpha value is -1.36.